The molecular weight excluding hydrogens is 306 g/mol. The maximum Gasteiger partial charge on any atom is 0.148 e. The van der Waals surface area contributed by atoms with E-state index in [-0.39, 0.29) is 0 Å². The van der Waals surface area contributed by atoms with Gasteiger partial charge in [-0.1, -0.05) is 58.8 Å². The molecule has 0 atom stereocenters. The van der Waals surface area contributed by atoms with Crippen LogP contribution in [0.15, 0.2) is 12.4 Å². The van der Waals surface area contributed by atoms with Crippen LogP contribution in [0.2, 0.25) is 0 Å². The van der Waals surface area contributed by atoms with Gasteiger partial charge in [-0.2, -0.15) is 5.26 Å². The van der Waals surface area contributed by atoms with Gasteiger partial charge in [0.05, 0.1) is 6.07 Å². The van der Waals surface area contributed by atoms with Crippen molar-refractivity contribution in [2.75, 3.05) is 0 Å². The summed E-state index contributed by atoms with van der Waals surface area (Å²) in [5.41, 5.74) is 0.761. The Morgan fingerprint density at radius 1 is 1.00 bits per heavy atom. The molecule has 2 rings (SSSR count). The molecule has 1 aromatic heterocycles. The molecule has 0 aromatic carbocycles. The van der Waals surface area contributed by atoms with E-state index in [0.717, 1.165) is 43.8 Å². The average Bonchev–Trinajstić information content (AvgIpc) is 2.67. The van der Waals surface area contributed by atoms with Gasteiger partial charge in [0.2, 0.25) is 0 Å². The Balaban J connectivity index is 1.88. The van der Waals surface area contributed by atoms with E-state index in [2.05, 4.69) is 29.9 Å². The molecule has 0 aliphatic heterocycles. The molecule has 3 nitrogen and oxygen atoms in total. The van der Waals surface area contributed by atoms with Crippen molar-refractivity contribution in [2.45, 2.75) is 103 Å². The molecule has 1 fully saturated rings. The van der Waals surface area contributed by atoms with E-state index in [1.165, 1.54) is 56.9 Å². The third-order valence-corrected chi connectivity index (χ3v) is 5.84. The Kier molecular flexibility index (Phi) is 8.38. The predicted molar refractivity (Wildman–Crippen MR) is 103 cm³/mol. The van der Waals surface area contributed by atoms with E-state index in [0.29, 0.717) is 0 Å². The lowest BCUT2D eigenvalue weighted by molar-refractivity contribution is 0.253. The lowest BCUT2D eigenvalue weighted by Gasteiger charge is -2.33. The zero-order chi connectivity index (χ0) is 18.0. The summed E-state index contributed by atoms with van der Waals surface area (Å²) >= 11 is 0. The quantitative estimate of drug-likeness (QED) is 0.481. The number of nitriles is 1. The number of hydrogen-bond acceptors (Lipinski definition) is 3. The minimum atomic E-state index is -0.443. The highest BCUT2D eigenvalue weighted by molar-refractivity contribution is 5.22. The van der Waals surface area contributed by atoms with Gasteiger partial charge in [-0.05, 0) is 50.0 Å². The fraction of sp³-hybridized carbons (Fsp3) is 0.773. The van der Waals surface area contributed by atoms with Crippen molar-refractivity contribution in [1.82, 2.24) is 9.97 Å². The van der Waals surface area contributed by atoms with Gasteiger partial charge >= 0.3 is 0 Å². The molecule has 0 saturated heterocycles. The predicted octanol–water partition coefficient (Wildman–Crippen LogP) is 6.13. The lowest BCUT2D eigenvalue weighted by atomic mass is 9.69. The Labute approximate surface area is 154 Å². The van der Waals surface area contributed by atoms with Crippen LogP contribution in [0.4, 0.5) is 0 Å². The van der Waals surface area contributed by atoms with E-state index >= 15 is 0 Å². The molecule has 0 unspecified atom stereocenters. The molecule has 25 heavy (non-hydrogen) atoms. The molecule has 138 valence electrons. The normalized spacial score (nSPS) is 23.3. The van der Waals surface area contributed by atoms with Gasteiger partial charge in [0.1, 0.15) is 11.2 Å². The highest BCUT2D eigenvalue weighted by Crippen LogP contribution is 2.41. The molecule has 0 spiro atoms. The number of nitrogens with zero attached hydrogens (tertiary/aromatic N) is 3. The lowest BCUT2D eigenvalue weighted by Crippen LogP contribution is -2.32. The summed E-state index contributed by atoms with van der Waals surface area (Å²) < 4.78 is 0. The zero-order valence-electron chi connectivity index (χ0n) is 16.3. The van der Waals surface area contributed by atoms with Crippen molar-refractivity contribution < 1.29 is 0 Å². The van der Waals surface area contributed by atoms with Crippen LogP contribution in [-0.4, -0.2) is 9.97 Å². The van der Waals surface area contributed by atoms with Gasteiger partial charge in [-0.25, -0.2) is 9.97 Å². The summed E-state index contributed by atoms with van der Waals surface area (Å²) in [6.45, 7) is 4.48. The molecule has 0 radical (unpaired) electrons. The number of hydrogen-bond donors (Lipinski definition) is 0. The summed E-state index contributed by atoms with van der Waals surface area (Å²) in [5.74, 6) is 1.56. The highest BCUT2D eigenvalue weighted by Gasteiger charge is 2.39. The SMILES string of the molecule is CCCCCC[C@H]1CC[C@@](C#N)(c2ncc(CCCCC)cn2)CC1. The molecule has 0 amide bonds. The summed E-state index contributed by atoms with van der Waals surface area (Å²) in [6, 6.07) is 2.58. The van der Waals surface area contributed by atoms with Gasteiger partial charge < -0.3 is 0 Å². The van der Waals surface area contributed by atoms with Crippen molar-refractivity contribution in [1.29, 1.82) is 5.26 Å². The fourth-order valence-electron chi connectivity index (χ4n) is 4.01. The van der Waals surface area contributed by atoms with Gasteiger partial charge in [0.15, 0.2) is 0 Å². The second kappa shape index (κ2) is 10.5. The molecular formula is C22H35N3. The maximum atomic E-state index is 9.84. The average molecular weight is 342 g/mol. The monoisotopic (exact) mass is 341 g/mol. The van der Waals surface area contributed by atoms with Crippen LogP contribution >= 0.6 is 0 Å². The van der Waals surface area contributed by atoms with Gasteiger partial charge in [0, 0.05) is 12.4 Å². The molecule has 1 saturated carbocycles. The second-order valence-corrected chi connectivity index (χ2v) is 7.86. The third kappa shape index (κ3) is 5.80. The number of rotatable bonds is 10. The van der Waals surface area contributed by atoms with E-state index in [1.807, 2.05) is 12.4 Å². The van der Waals surface area contributed by atoms with Gasteiger partial charge in [-0.3, -0.25) is 0 Å². The van der Waals surface area contributed by atoms with Crippen molar-refractivity contribution in [3.8, 4) is 6.07 Å². The van der Waals surface area contributed by atoms with Crippen molar-refractivity contribution >= 4 is 0 Å². The number of aromatic nitrogens is 2. The minimum absolute atomic E-state index is 0.443. The molecule has 1 aromatic rings. The van der Waals surface area contributed by atoms with Crippen molar-refractivity contribution in [3.63, 3.8) is 0 Å². The zero-order valence-corrected chi connectivity index (χ0v) is 16.3. The first-order chi connectivity index (χ1) is 12.2. The largest absolute Gasteiger partial charge is 0.239 e. The topological polar surface area (TPSA) is 49.6 Å². The first-order valence-corrected chi connectivity index (χ1v) is 10.5. The fourth-order valence-corrected chi connectivity index (χ4v) is 4.01. The van der Waals surface area contributed by atoms with Crippen LogP contribution in [0.3, 0.4) is 0 Å². The molecule has 1 heterocycles. The van der Waals surface area contributed by atoms with E-state index < -0.39 is 5.41 Å². The maximum absolute atomic E-state index is 9.84. The second-order valence-electron chi connectivity index (χ2n) is 7.86. The summed E-state index contributed by atoms with van der Waals surface area (Å²) in [6.07, 6.45) is 19.5. The Morgan fingerprint density at radius 3 is 2.24 bits per heavy atom. The molecule has 1 aliphatic rings. The summed E-state index contributed by atoms with van der Waals surface area (Å²) in [7, 11) is 0. The van der Waals surface area contributed by atoms with Crippen LogP contribution in [0, 0.1) is 17.2 Å². The smallest absolute Gasteiger partial charge is 0.148 e. The first kappa shape index (κ1) is 19.9. The van der Waals surface area contributed by atoms with E-state index in [4.69, 9.17) is 0 Å². The summed E-state index contributed by atoms with van der Waals surface area (Å²) in [5, 5.41) is 9.84. The molecule has 0 bridgehead atoms. The van der Waals surface area contributed by atoms with Crippen molar-refractivity contribution in [3.05, 3.63) is 23.8 Å². The van der Waals surface area contributed by atoms with Gasteiger partial charge in [0.25, 0.3) is 0 Å². The van der Waals surface area contributed by atoms with Crippen LogP contribution in [-0.2, 0) is 11.8 Å². The Hall–Kier alpha value is -1.43. The van der Waals surface area contributed by atoms with Crippen LogP contribution < -0.4 is 0 Å². The van der Waals surface area contributed by atoms with Crippen molar-refractivity contribution in [2.24, 2.45) is 5.92 Å². The van der Waals surface area contributed by atoms with Crippen LogP contribution in [0.1, 0.15) is 102 Å². The van der Waals surface area contributed by atoms with Crippen LogP contribution in [0.5, 0.6) is 0 Å². The molecule has 1 aliphatic carbocycles. The summed E-state index contributed by atoms with van der Waals surface area (Å²) in [4.78, 5) is 9.20. The minimum Gasteiger partial charge on any atom is -0.239 e. The molecule has 3 heteroatoms. The number of unbranched alkanes of at least 4 members (excludes halogenated alkanes) is 5. The van der Waals surface area contributed by atoms with Gasteiger partial charge in [-0.15, -0.1) is 0 Å². The first-order valence-electron chi connectivity index (χ1n) is 10.5. The van der Waals surface area contributed by atoms with E-state index in [1.54, 1.807) is 0 Å². The molecule has 0 N–H and O–H groups in total. The van der Waals surface area contributed by atoms with E-state index in [9.17, 15) is 5.26 Å². The number of aryl methyl sites for hydroxylation is 1. The Morgan fingerprint density at radius 2 is 1.64 bits per heavy atom. The Bertz CT molecular complexity index is 521. The highest BCUT2D eigenvalue weighted by atomic mass is 14.9. The van der Waals surface area contributed by atoms with Crippen LogP contribution in [0.25, 0.3) is 0 Å². The third-order valence-electron chi connectivity index (χ3n) is 5.84. The standard InChI is InChI=1S/C22H35N3/c1-3-5-7-9-10-19-12-14-22(18-23,15-13-19)21-24-16-20(17-25-21)11-8-6-4-2/h16-17,19H,3-15H2,1-2H3/t19-,22+.